The van der Waals surface area contributed by atoms with Crippen molar-refractivity contribution in [3.8, 4) is 0 Å². The fourth-order valence-electron chi connectivity index (χ4n) is 3.03. The number of hydrogen-bond acceptors (Lipinski definition) is 3. The zero-order valence-corrected chi connectivity index (χ0v) is 13.1. The molecular weight excluding hydrogens is 282 g/mol. The van der Waals surface area contributed by atoms with Gasteiger partial charge in [-0.2, -0.15) is 0 Å². The average molecular weight is 303 g/mol. The lowest BCUT2D eigenvalue weighted by atomic mass is 9.77. The van der Waals surface area contributed by atoms with Gasteiger partial charge in [-0.05, 0) is 49.1 Å². The first-order chi connectivity index (χ1) is 10.1. The van der Waals surface area contributed by atoms with E-state index >= 15 is 0 Å². The van der Waals surface area contributed by atoms with Crippen LogP contribution in [0.2, 0.25) is 0 Å². The van der Waals surface area contributed by atoms with Crippen molar-refractivity contribution in [2.75, 3.05) is 6.61 Å². The zero-order valence-electron chi connectivity index (χ0n) is 12.3. The lowest BCUT2D eigenvalue weighted by Crippen LogP contribution is -2.53. The Labute approximate surface area is 129 Å². The summed E-state index contributed by atoms with van der Waals surface area (Å²) in [7, 11) is 0. The quantitative estimate of drug-likeness (QED) is 0.910. The highest BCUT2D eigenvalue weighted by Crippen LogP contribution is 2.32. The van der Waals surface area contributed by atoms with Gasteiger partial charge in [0.2, 0.25) is 0 Å². The molecule has 2 aromatic rings. The molecule has 1 aromatic heterocycles. The molecule has 0 saturated heterocycles. The fourth-order valence-corrected chi connectivity index (χ4v) is 3.99. The molecule has 4 heteroatoms. The third-order valence-electron chi connectivity index (χ3n) is 4.56. The summed E-state index contributed by atoms with van der Waals surface area (Å²) in [5.74, 6) is 0.630. The first-order valence-electron chi connectivity index (χ1n) is 7.54. The van der Waals surface area contributed by atoms with Gasteiger partial charge in [-0.15, -0.1) is 11.3 Å². The molecule has 1 fully saturated rings. The first-order valence-corrected chi connectivity index (χ1v) is 8.35. The Hall–Kier alpha value is -1.39. The van der Waals surface area contributed by atoms with E-state index < -0.39 is 5.54 Å². The highest BCUT2D eigenvalue weighted by Gasteiger charge is 2.35. The number of hydrogen-bond donors (Lipinski definition) is 2. The average Bonchev–Trinajstić information content (AvgIpc) is 2.94. The van der Waals surface area contributed by atoms with Crippen LogP contribution < -0.4 is 5.32 Å². The molecule has 0 radical (unpaired) electrons. The van der Waals surface area contributed by atoms with Crippen LogP contribution >= 0.6 is 11.3 Å². The molecule has 1 amide bonds. The Morgan fingerprint density at radius 3 is 2.76 bits per heavy atom. The lowest BCUT2D eigenvalue weighted by Gasteiger charge is -2.38. The Morgan fingerprint density at radius 1 is 1.38 bits per heavy atom. The van der Waals surface area contributed by atoms with Crippen molar-refractivity contribution in [2.45, 2.75) is 38.1 Å². The molecule has 3 rings (SSSR count). The molecule has 0 bridgehead atoms. The minimum atomic E-state index is -0.431. The monoisotopic (exact) mass is 303 g/mol. The number of aliphatic hydroxyl groups is 1. The fraction of sp³-hybridized carbons (Fsp3) is 0.471. The highest BCUT2D eigenvalue weighted by atomic mass is 32.1. The van der Waals surface area contributed by atoms with Crippen LogP contribution in [0, 0.1) is 5.92 Å². The van der Waals surface area contributed by atoms with Gasteiger partial charge in [0.05, 0.1) is 17.0 Å². The Balaban J connectivity index is 1.78. The number of carbonyl (C=O) groups excluding carboxylic acids is 1. The molecule has 1 saturated carbocycles. The molecule has 2 N–H and O–H groups in total. The van der Waals surface area contributed by atoms with Gasteiger partial charge in [0.1, 0.15) is 0 Å². The minimum Gasteiger partial charge on any atom is -0.394 e. The summed E-state index contributed by atoms with van der Waals surface area (Å²) >= 11 is 1.51. The summed E-state index contributed by atoms with van der Waals surface area (Å²) < 4.78 is 1.12. The number of fused-ring (bicyclic) bond motifs is 1. The van der Waals surface area contributed by atoms with E-state index in [9.17, 15) is 9.90 Å². The van der Waals surface area contributed by atoms with Gasteiger partial charge in [0, 0.05) is 4.70 Å². The van der Waals surface area contributed by atoms with Crippen LogP contribution in [0.1, 0.15) is 42.3 Å². The molecule has 0 spiro atoms. The number of rotatable bonds is 3. The SMILES string of the molecule is CC1CCC(CO)(NC(=O)c2cc3ccccc3s2)CC1. The molecule has 112 valence electrons. The summed E-state index contributed by atoms with van der Waals surface area (Å²) in [6.07, 6.45) is 3.85. The standard InChI is InChI=1S/C17H21NO2S/c1-12-6-8-17(11-19,9-7-12)18-16(20)15-10-13-4-2-3-5-14(13)21-15/h2-5,10,12,19H,6-9,11H2,1H3,(H,18,20). The second-order valence-electron chi connectivity index (χ2n) is 6.22. The third kappa shape index (κ3) is 2.97. The molecule has 0 atom stereocenters. The molecule has 3 nitrogen and oxygen atoms in total. The van der Waals surface area contributed by atoms with E-state index in [0.29, 0.717) is 5.92 Å². The number of benzene rings is 1. The van der Waals surface area contributed by atoms with Gasteiger partial charge in [-0.25, -0.2) is 0 Å². The number of aliphatic hydroxyl groups excluding tert-OH is 1. The van der Waals surface area contributed by atoms with Gasteiger partial charge >= 0.3 is 0 Å². The summed E-state index contributed by atoms with van der Waals surface area (Å²) in [5, 5.41) is 14.0. The second-order valence-corrected chi connectivity index (χ2v) is 7.31. The molecule has 21 heavy (non-hydrogen) atoms. The first kappa shape index (κ1) is 14.5. The predicted octanol–water partition coefficient (Wildman–Crippen LogP) is 3.57. The summed E-state index contributed by atoms with van der Waals surface area (Å²) in [6.45, 7) is 2.26. The van der Waals surface area contributed by atoms with Crippen molar-refractivity contribution < 1.29 is 9.90 Å². The van der Waals surface area contributed by atoms with Crippen molar-refractivity contribution in [1.29, 1.82) is 0 Å². The number of nitrogens with one attached hydrogen (secondary N) is 1. The van der Waals surface area contributed by atoms with Crippen molar-refractivity contribution in [2.24, 2.45) is 5.92 Å². The van der Waals surface area contributed by atoms with E-state index in [-0.39, 0.29) is 12.5 Å². The van der Waals surface area contributed by atoms with Crippen molar-refractivity contribution >= 4 is 27.3 Å². The molecule has 0 unspecified atom stereocenters. The van der Waals surface area contributed by atoms with Crippen molar-refractivity contribution in [3.63, 3.8) is 0 Å². The topological polar surface area (TPSA) is 49.3 Å². The Kier molecular flexibility index (Phi) is 4.00. The van der Waals surface area contributed by atoms with Gasteiger partial charge in [-0.3, -0.25) is 4.79 Å². The van der Waals surface area contributed by atoms with Gasteiger partial charge in [0.15, 0.2) is 0 Å². The van der Waals surface area contributed by atoms with Crippen LogP contribution in [0.25, 0.3) is 10.1 Å². The molecule has 1 aliphatic rings. The van der Waals surface area contributed by atoms with Crippen molar-refractivity contribution in [1.82, 2.24) is 5.32 Å². The molecule has 1 heterocycles. The van der Waals surface area contributed by atoms with Gasteiger partial charge in [-0.1, -0.05) is 25.1 Å². The van der Waals surface area contributed by atoms with Crippen LogP contribution in [0.5, 0.6) is 0 Å². The highest BCUT2D eigenvalue weighted by molar-refractivity contribution is 7.20. The van der Waals surface area contributed by atoms with Crippen LogP contribution in [0.15, 0.2) is 30.3 Å². The van der Waals surface area contributed by atoms with Crippen LogP contribution in [0.3, 0.4) is 0 Å². The maximum absolute atomic E-state index is 12.5. The van der Waals surface area contributed by atoms with E-state index in [2.05, 4.69) is 12.2 Å². The summed E-state index contributed by atoms with van der Waals surface area (Å²) in [4.78, 5) is 13.2. The maximum Gasteiger partial charge on any atom is 0.261 e. The summed E-state index contributed by atoms with van der Waals surface area (Å²) in [5.41, 5.74) is -0.431. The normalized spacial score (nSPS) is 25.9. The smallest absolute Gasteiger partial charge is 0.261 e. The molecular formula is C17H21NO2S. The van der Waals surface area contributed by atoms with Crippen molar-refractivity contribution in [3.05, 3.63) is 35.2 Å². The third-order valence-corrected chi connectivity index (χ3v) is 5.68. The molecule has 1 aliphatic carbocycles. The minimum absolute atomic E-state index is 0.0242. The van der Waals surface area contributed by atoms with Gasteiger partial charge in [0.25, 0.3) is 5.91 Å². The van der Waals surface area contributed by atoms with Crippen LogP contribution in [-0.2, 0) is 0 Å². The lowest BCUT2D eigenvalue weighted by molar-refractivity contribution is 0.0721. The largest absolute Gasteiger partial charge is 0.394 e. The van der Waals surface area contributed by atoms with E-state index in [4.69, 9.17) is 0 Å². The predicted molar refractivity (Wildman–Crippen MR) is 86.7 cm³/mol. The van der Waals surface area contributed by atoms with E-state index in [0.717, 1.165) is 40.6 Å². The number of carbonyl (C=O) groups is 1. The summed E-state index contributed by atoms with van der Waals surface area (Å²) in [6, 6.07) is 9.95. The Bertz CT molecular complexity index is 608. The molecule has 1 aromatic carbocycles. The second kappa shape index (κ2) is 5.78. The Morgan fingerprint density at radius 2 is 2.10 bits per heavy atom. The van der Waals surface area contributed by atoms with Crippen LogP contribution in [-0.4, -0.2) is 23.2 Å². The molecule has 0 aliphatic heterocycles. The number of amides is 1. The van der Waals surface area contributed by atoms with E-state index in [1.165, 1.54) is 11.3 Å². The maximum atomic E-state index is 12.5. The van der Waals surface area contributed by atoms with Crippen LogP contribution in [0.4, 0.5) is 0 Å². The van der Waals surface area contributed by atoms with E-state index in [1.54, 1.807) is 0 Å². The van der Waals surface area contributed by atoms with Gasteiger partial charge < -0.3 is 10.4 Å². The zero-order chi connectivity index (χ0) is 14.9. The number of thiophene rings is 1. The van der Waals surface area contributed by atoms with E-state index in [1.807, 2.05) is 30.3 Å².